The third-order valence-electron chi connectivity index (χ3n) is 4.40. The van der Waals surface area contributed by atoms with Crippen LogP contribution in [0, 0.1) is 23.2 Å². The second-order valence-corrected chi connectivity index (χ2v) is 7.09. The zero-order valence-electron chi connectivity index (χ0n) is 16.3. The maximum absolute atomic E-state index is 13.2. The summed E-state index contributed by atoms with van der Waals surface area (Å²) in [5.41, 5.74) is 0.206. The number of esters is 1. The molecule has 0 aliphatic carbocycles. The molecular formula is C18H21N7O3S. The van der Waals surface area contributed by atoms with Crippen LogP contribution in [0.4, 0.5) is 5.95 Å². The Hall–Kier alpha value is -3.02. The molecule has 1 aliphatic heterocycles. The molecule has 2 aromatic heterocycles. The van der Waals surface area contributed by atoms with E-state index in [1.54, 1.807) is 11.5 Å². The number of nitrogens with one attached hydrogen (secondary N) is 1. The molecule has 1 saturated heterocycles. The highest BCUT2D eigenvalue weighted by Gasteiger charge is 2.24. The first-order chi connectivity index (χ1) is 14.1. The first kappa shape index (κ1) is 20.7. The number of hydrogen-bond acceptors (Lipinski definition) is 9. The molecule has 3 heterocycles. The van der Waals surface area contributed by atoms with Crippen LogP contribution in [-0.2, 0) is 22.6 Å². The molecule has 0 aromatic carbocycles. The lowest BCUT2D eigenvalue weighted by atomic mass is 10.4. The number of ether oxygens (including phenoxy) is 1. The maximum Gasteiger partial charge on any atom is 0.316 e. The lowest BCUT2D eigenvalue weighted by Gasteiger charge is -2.28. The third kappa shape index (κ3) is 4.36. The summed E-state index contributed by atoms with van der Waals surface area (Å²) in [6.45, 7) is 4.98. The highest BCUT2D eigenvalue weighted by atomic mass is 32.2. The summed E-state index contributed by atoms with van der Waals surface area (Å²) in [4.78, 5) is 35.9. The average Bonchev–Trinajstić information content (AvgIpc) is 3.11. The molecule has 0 amide bonds. The molecule has 1 N–H and O–H groups in total. The number of methoxy groups -OCH3 is 1. The Balaban J connectivity index is 2.16. The minimum Gasteiger partial charge on any atom is -0.468 e. The van der Waals surface area contributed by atoms with Crippen LogP contribution in [0.1, 0.15) is 6.92 Å². The van der Waals surface area contributed by atoms with Crippen molar-refractivity contribution in [3.05, 3.63) is 10.4 Å². The minimum absolute atomic E-state index is 0.0213. The number of nitrogens with zero attached hydrogens (tertiary/aromatic N) is 6. The number of imidazole rings is 1. The number of fused-ring (bicyclic) bond motifs is 1. The van der Waals surface area contributed by atoms with E-state index in [2.05, 4.69) is 36.8 Å². The van der Waals surface area contributed by atoms with Crippen LogP contribution in [0.5, 0.6) is 0 Å². The van der Waals surface area contributed by atoms with Crippen molar-refractivity contribution in [3.63, 3.8) is 0 Å². The van der Waals surface area contributed by atoms with Gasteiger partial charge in [-0.2, -0.15) is 10.2 Å². The van der Waals surface area contributed by atoms with Gasteiger partial charge in [0.25, 0.3) is 5.56 Å². The van der Waals surface area contributed by atoms with Crippen LogP contribution in [0.25, 0.3) is 11.2 Å². The highest BCUT2D eigenvalue weighted by molar-refractivity contribution is 7.99. The van der Waals surface area contributed by atoms with E-state index >= 15 is 0 Å². The normalized spacial score (nSPS) is 13.6. The molecule has 2 aromatic rings. The van der Waals surface area contributed by atoms with Crippen molar-refractivity contribution in [1.82, 2.24) is 24.4 Å². The van der Waals surface area contributed by atoms with Crippen LogP contribution < -0.4 is 15.8 Å². The summed E-state index contributed by atoms with van der Waals surface area (Å²) in [5.74, 6) is 6.00. The number of anilines is 1. The van der Waals surface area contributed by atoms with Gasteiger partial charge in [-0.05, 0) is 6.92 Å². The lowest BCUT2D eigenvalue weighted by Crippen LogP contribution is -2.44. The number of piperazine rings is 1. The molecule has 0 saturated carbocycles. The summed E-state index contributed by atoms with van der Waals surface area (Å²) >= 11 is 1.04. The summed E-state index contributed by atoms with van der Waals surface area (Å²) < 4.78 is 7.67. The van der Waals surface area contributed by atoms with Gasteiger partial charge in [-0.3, -0.25) is 18.7 Å². The zero-order chi connectivity index (χ0) is 20.8. The number of carbonyl (C=O) groups is 1. The molecule has 0 unspecified atom stereocenters. The first-order valence-corrected chi connectivity index (χ1v) is 10.0. The van der Waals surface area contributed by atoms with Crippen LogP contribution in [0.2, 0.25) is 0 Å². The zero-order valence-corrected chi connectivity index (χ0v) is 17.1. The van der Waals surface area contributed by atoms with Gasteiger partial charge in [-0.1, -0.05) is 17.7 Å². The van der Waals surface area contributed by atoms with Crippen molar-refractivity contribution in [1.29, 1.82) is 5.26 Å². The molecule has 0 atom stereocenters. The lowest BCUT2D eigenvalue weighted by molar-refractivity contribution is -0.137. The second kappa shape index (κ2) is 9.45. The van der Waals surface area contributed by atoms with Gasteiger partial charge in [0.15, 0.2) is 16.3 Å². The molecule has 0 spiro atoms. The second-order valence-electron chi connectivity index (χ2n) is 6.14. The number of nitriles is 1. The van der Waals surface area contributed by atoms with Crippen LogP contribution in [-0.4, -0.2) is 64.1 Å². The monoisotopic (exact) mass is 415 g/mol. The molecule has 11 heteroatoms. The molecule has 0 radical (unpaired) electrons. The van der Waals surface area contributed by atoms with Crippen molar-refractivity contribution < 1.29 is 9.53 Å². The maximum atomic E-state index is 13.2. The van der Waals surface area contributed by atoms with Gasteiger partial charge in [-0.15, -0.1) is 5.92 Å². The topological polar surface area (TPSA) is 118 Å². The number of hydrogen-bond donors (Lipinski definition) is 1. The van der Waals surface area contributed by atoms with E-state index < -0.39 is 5.97 Å². The summed E-state index contributed by atoms with van der Waals surface area (Å²) in [6, 6.07) is 1.98. The Morgan fingerprint density at radius 2 is 2.03 bits per heavy atom. The molecule has 152 valence electrons. The van der Waals surface area contributed by atoms with Gasteiger partial charge in [-0.25, -0.2) is 4.98 Å². The van der Waals surface area contributed by atoms with E-state index in [-0.39, 0.29) is 28.7 Å². The Labute approximate surface area is 171 Å². The smallest absolute Gasteiger partial charge is 0.316 e. The predicted molar refractivity (Wildman–Crippen MR) is 109 cm³/mol. The van der Waals surface area contributed by atoms with Crippen LogP contribution in [0.15, 0.2) is 9.95 Å². The summed E-state index contributed by atoms with van der Waals surface area (Å²) in [6.07, 6.45) is 0. The number of rotatable bonds is 6. The molecule has 0 bridgehead atoms. The summed E-state index contributed by atoms with van der Waals surface area (Å²) in [5, 5.41) is 12.7. The van der Waals surface area contributed by atoms with Crippen molar-refractivity contribution >= 4 is 34.8 Å². The Kier molecular flexibility index (Phi) is 6.75. The third-order valence-corrected chi connectivity index (χ3v) is 5.35. The highest BCUT2D eigenvalue weighted by Crippen LogP contribution is 2.23. The standard InChI is InChI=1S/C18H21N7O3S/c1-3-4-8-24-14-15(21-17(24)23-10-6-20-7-11-23)22-18(29-12-13(26)28-2)25(9-5-19)16(14)27/h20H,6-12H2,1-2H3. The van der Waals surface area contributed by atoms with E-state index in [9.17, 15) is 14.9 Å². The van der Waals surface area contributed by atoms with Crippen LogP contribution >= 0.6 is 11.8 Å². The van der Waals surface area contributed by atoms with Gasteiger partial charge in [0, 0.05) is 26.2 Å². The summed E-state index contributed by atoms with van der Waals surface area (Å²) in [7, 11) is 1.29. The van der Waals surface area contributed by atoms with Gasteiger partial charge in [0.2, 0.25) is 5.95 Å². The largest absolute Gasteiger partial charge is 0.468 e. The Morgan fingerprint density at radius 3 is 2.69 bits per heavy atom. The number of thioether (sulfide) groups is 1. The van der Waals surface area contributed by atoms with Crippen molar-refractivity contribution in [2.24, 2.45) is 0 Å². The van der Waals surface area contributed by atoms with E-state index in [4.69, 9.17) is 0 Å². The fourth-order valence-electron chi connectivity index (χ4n) is 3.00. The van der Waals surface area contributed by atoms with E-state index in [1.807, 2.05) is 6.07 Å². The number of carbonyl (C=O) groups excluding carboxylic acids is 1. The van der Waals surface area contributed by atoms with Gasteiger partial charge in [0.05, 0.1) is 25.5 Å². The van der Waals surface area contributed by atoms with E-state index in [0.29, 0.717) is 18.0 Å². The molecular weight excluding hydrogens is 394 g/mol. The fraction of sp³-hybridized carbons (Fsp3) is 0.500. The molecule has 29 heavy (non-hydrogen) atoms. The number of aromatic nitrogens is 4. The fourth-order valence-corrected chi connectivity index (χ4v) is 3.82. The average molecular weight is 415 g/mol. The SMILES string of the molecule is CC#CCn1c(N2CCNCC2)nc2nc(SCC(=O)OC)n(CC#N)c(=O)c21. The van der Waals surface area contributed by atoms with Crippen molar-refractivity contribution in [2.45, 2.75) is 25.2 Å². The first-order valence-electron chi connectivity index (χ1n) is 9.03. The Morgan fingerprint density at radius 1 is 1.28 bits per heavy atom. The molecule has 1 aliphatic rings. The Bertz CT molecular complexity index is 1070. The van der Waals surface area contributed by atoms with E-state index in [1.165, 1.54) is 11.7 Å². The van der Waals surface area contributed by atoms with E-state index in [0.717, 1.165) is 37.9 Å². The molecule has 10 nitrogen and oxygen atoms in total. The van der Waals surface area contributed by atoms with Gasteiger partial charge < -0.3 is 15.0 Å². The quantitative estimate of drug-likeness (QED) is 0.296. The van der Waals surface area contributed by atoms with Crippen molar-refractivity contribution in [2.75, 3.05) is 43.9 Å². The molecule has 3 rings (SSSR count). The van der Waals surface area contributed by atoms with Crippen molar-refractivity contribution in [3.8, 4) is 17.9 Å². The van der Waals surface area contributed by atoms with Gasteiger partial charge >= 0.3 is 5.97 Å². The minimum atomic E-state index is -0.446. The molecule has 1 fully saturated rings. The van der Waals surface area contributed by atoms with Crippen LogP contribution in [0.3, 0.4) is 0 Å². The van der Waals surface area contributed by atoms with Gasteiger partial charge in [0.1, 0.15) is 6.54 Å². The predicted octanol–water partition coefficient (Wildman–Crippen LogP) is -0.185.